The molecule has 1 aromatic rings. The summed E-state index contributed by atoms with van der Waals surface area (Å²) in [6, 6.07) is 8.09. The van der Waals surface area contributed by atoms with Crippen LogP contribution in [0, 0.1) is 5.92 Å². The van der Waals surface area contributed by atoms with Gasteiger partial charge in [0.05, 0.1) is 12.2 Å². The predicted octanol–water partition coefficient (Wildman–Crippen LogP) is 1.38. The summed E-state index contributed by atoms with van der Waals surface area (Å²) >= 11 is 0. The van der Waals surface area contributed by atoms with E-state index in [2.05, 4.69) is 0 Å². The molecule has 0 aromatic heterocycles. The molecule has 24 heavy (non-hydrogen) atoms. The van der Waals surface area contributed by atoms with Crippen molar-refractivity contribution in [1.29, 1.82) is 0 Å². The molecule has 0 radical (unpaired) electrons. The normalized spacial score (nSPS) is 19.1. The highest BCUT2D eigenvalue weighted by Crippen LogP contribution is 2.21. The molecule has 1 aliphatic rings. The smallest absolute Gasteiger partial charge is 0.227 e. The number of sulfonamides is 1. The number of carbonyl (C=O) groups is 1. The molecule has 0 spiro atoms. The van der Waals surface area contributed by atoms with Crippen molar-refractivity contribution in [2.24, 2.45) is 5.92 Å². The third-order valence-electron chi connectivity index (χ3n) is 4.45. The summed E-state index contributed by atoms with van der Waals surface area (Å²) in [5.74, 6) is -0.237. The summed E-state index contributed by atoms with van der Waals surface area (Å²) in [6.07, 6.45) is 2.68. The average molecular weight is 353 g/mol. The number of anilines is 1. The molecule has 1 fully saturated rings. The summed E-state index contributed by atoms with van der Waals surface area (Å²) in [6.45, 7) is 1.34. The first kappa shape index (κ1) is 18.7. The number of nitrogens with zero attached hydrogens (tertiary/aromatic N) is 3. The van der Waals surface area contributed by atoms with E-state index >= 15 is 0 Å². The second kappa shape index (κ2) is 7.53. The van der Waals surface area contributed by atoms with Crippen LogP contribution in [0.1, 0.15) is 18.4 Å². The zero-order chi connectivity index (χ0) is 17.9. The molecule has 1 unspecified atom stereocenters. The minimum Gasteiger partial charge on any atom is -0.378 e. The minimum atomic E-state index is -3.23. The maximum atomic E-state index is 12.6. The average Bonchev–Trinajstić information content (AvgIpc) is 2.54. The van der Waals surface area contributed by atoms with Crippen LogP contribution in [0.25, 0.3) is 0 Å². The molecule has 2 rings (SSSR count). The number of hydrogen-bond acceptors (Lipinski definition) is 4. The number of piperidine rings is 1. The molecule has 0 saturated carbocycles. The maximum absolute atomic E-state index is 12.6. The largest absolute Gasteiger partial charge is 0.378 e. The van der Waals surface area contributed by atoms with Gasteiger partial charge in [0.2, 0.25) is 15.9 Å². The lowest BCUT2D eigenvalue weighted by Gasteiger charge is -2.32. The van der Waals surface area contributed by atoms with Crippen LogP contribution in [0.4, 0.5) is 5.69 Å². The van der Waals surface area contributed by atoms with Crippen LogP contribution in [0.5, 0.6) is 0 Å². The van der Waals surface area contributed by atoms with Gasteiger partial charge in [0.15, 0.2) is 0 Å². The van der Waals surface area contributed by atoms with Crippen molar-refractivity contribution in [3.05, 3.63) is 29.8 Å². The van der Waals surface area contributed by atoms with Crippen LogP contribution in [-0.2, 0) is 21.4 Å². The standard InChI is InChI=1S/C17H27N3O3S/c1-18(2)16-9-7-14(8-10-16)12-19(3)17(21)15-6-5-11-20(13-15)24(4,22)23/h7-10,15H,5-6,11-13H2,1-4H3. The molecular formula is C17H27N3O3S. The van der Waals surface area contributed by atoms with Gasteiger partial charge in [0.25, 0.3) is 0 Å². The van der Waals surface area contributed by atoms with Crippen LogP contribution in [0.3, 0.4) is 0 Å². The molecule has 1 aromatic carbocycles. The monoisotopic (exact) mass is 353 g/mol. The molecule has 0 bridgehead atoms. The Bertz CT molecular complexity index is 671. The van der Waals surface area contributed by atoms with Gasteiger partial charge in [-0.1, -0.05) is 12.1 Å². The van der Waals surface area contributed by atoms with E-state index in [4.69, 9.17) is 0 Å². The van der Waals surface area contributed by atoms with Gasteiger partial charge in [0.1, 0.15) is 0 Å². The van der Waals surface area contributed by atoms with Crippen LogP contribution in [-0.4, -0.2) is 64.0 Å². The highest BCUT2D eigenvalue weighted by atomic mass is 32.2. The van der Waals surface area contributed by atoms with Crippen molar-refractivity contribution >= 4 is 21.6 Å². The third-order valence-corrected chi connectivity index (χ3v) is 5.72. The summed E-state index contributed by atoms with van der Waals surface area (Å²) in [5.41, 5.74) is 2.18. The molecule has 6 nitrogen and oxygen atoms in total. The molecule has 1 aliphatic heterocycles. The summed E-state index contributed by atoms with van der Waals surface area (Å²) in [5, 5.41) is 0. The molecular weight excluding hydrogens is 326 g/mol. The fourth-order valence-electron chi connectivity index (χ4n) is 3.01. The zero-order valence-electron chi connectivity index (χ0n) is 14.9. The van der Waals surface area contributed by atoms with Crippen molar-refractivity contribution in [3.8, 4) is 0 Å². The lowest BCUT2D eigenvalue weighted by atomic mass is 9.98. The topological polar surface area (TPSA) is 60.9 Å². The van der Waals surface area contributed by atoms with Crippen molar-refractivity contribution in [3.63, 3.8) is 0 Å². The van der Waals surface area contributed by atoms with Crippen molar-refractivity contribution in [2.45, 2.75) is 19.4 Å². The van der Waals surface area contributed by atoms with E-state index in [1.807, 2.05) is 43.3 Å². The number of benzene rings is 1. The van der Waals surface area contributed by atoms with Gasteiger partial charge in [-0.3, -0.25) is 4.79 Å². The Kier molecular flexibility index (Phi) is 5.87. The van der Waals surface area contributed by atoms with E-state index in [0.29, 0.717) is 19.6 Å². The first-order valence-electron chi connectivity index (χ1n) is 8.15. The Balaban J connectivity index is 1.98. The summed E-state index contributed by atoms with van der Waals surface area (Å²) < 4.78 is 24.8. The van der Waals surface area contributed by atoms with Crippen LogP contribution in [0.2, 0.25) is 0 Å². The quantitative estimate of drug-likeness (QED) is 0.802. The Labute approximate surface area is 145 Å². The van der Waals surface area contributed by atoms with E-state index in [1.54, 1.807) is 11.9 Å². The molecule has 1 amide bonds. The molecule has 134 valence electrons. The summed E-state index contributed by atoms with van der Waals surface area (Å²) in [4.78, 5) is 16.4. The predicted molar refractivity (Wildman–Crippen MR) is 96.4 cm³/mol. The molecule has 7 heteroatoms. The summed E-state index contributed by atoms with van der Waals surface area (Å²) in [7, 11) is 2.52. The molecule has 0 N–H and O–H groups in total. The van der Waals surface area contributed by atoms with Crippen LogP contribution >= 0.6 is 0 Å². The number of carbonyl (C=O) groups excluding carboxylic acids is 1. The van der Waals surface area contributed by atoms with Gasteiger partial charge in [-0.15, -0.1) is 0 Å². The van der Waals surface area contributed by atoms with Crippen LogP contribution in [0.15, 0.2) is 24.3 Å². The van der Waals surface area contributed by atoms with Crippen molar-refractivity contribution < 1.29 is 13.2 Å². The van der Waals surface area contributed by atoms with E-state index in [0.717, 1.165) is 24.1 Å². The first-order valence-corrected chi connectivity index (χ1v) is 9.99. The highest BCUT2D eigenvalue weighted by Gasteiger charge is 2.31. The lowest BCUT2D eigenvalue weighted by molar-refractivity contribution is -0.135. The van der Waals surface area contributed by atoms with E-state index in [1.165, 1.54) is 10.6 Å². The second-order valence-corrected chi connectivity index (χ2v) is 8.70. The number of rotatable bonds is 5. The Morgan fingerprint density at radius 2 is 1.83 bits per heavy atom. The first-order chi connectivity index (χ1) is 11.2. The molecule has 0 aliphatic carbocycles. The Morgan fingerprint density at radius 3 is 2.38 bits per heavy atom. The SMILES string of the molecule is CN(Cc1ccc(N(C)C)cc1)C(=O)C1CCCN(S(C)(=O)=O)C1. The second-order valence-electron chi connectivity index (χ2n) is 6.72. The fourth-order valence-corrected chi connectivity index (χ4v) is 3.92. The number of amides is 1. The van der Waals surface area contributed by atoms with Gasteiger partial charge in [-0.2, -0.15) is 0 Å². The molecule has 1 saturated heterocycles. The van der Waals surface area contributed by atoms with Gasteiger partial charge in [0, 0.05) is 46.5 Å². The maximum Gasteiger partial charge on any atom is 0.227 e. The van der Waals surface area contributed by atoms with Gasteiger partial charge >= 0.3 is 0 Å². The molecule has 1 heterocycles. The Hall–Kier alpha value is -1.60. The fraction of sp³-hybridized carbons (Fsp3) is 0.588. The van der Waals surface area contributed by atoms with Crippen LogP contribution < -0.4 is 4.90 Å². The van der Waals surface area contributed by atoms with Gasteiger partial charge < -0.3 is 9.80 Å². The van der Waals surface area contributed by atoms with Gasteiger partial charge in [-0.05, 0) is 30.5 Å². The van der Waals surface area contributed by atoms with Crippen molar-refractivity contribution in [1.82, 2.24) is 9.21 Å². The van der Waals surface area contributed by atoms with Gasteiger partial charge in [-0.25, -0.2) is 12.7 Å². The zero-order valence-corrected chi connectivity index (χ0v) is 15.7. The van der Waals surface area contributed by atoms with E-state index < -0.39 is 10.0 Å². The Morgan fingerprint density at radius 1 is 1.21 bits per heavy atom. The minimum absolute atomic E-state index is 0.0139. The van der Waals surface area contributed by atoms with E-state index in [9.17, 15) is 13.2 Å². The number of hydrogen-bond donors (Lipinski definition) is 0. The van der Waals surface area contributed by atoms with E-state index in [-0.39, 0.29) is 11.8 Å². The third kappa shape index (κ3) is 4.70. The molecule has 1 atom stereocenters. The lowest BCUT2D eigenvalue weighted by Crippen LogP contribution is -2.45. The van der Waals surface area contributed by atoms with Crippen molar-refractivity contribution in [2.75, 3.05) is 45.4 Å². The highest BCUT2D eigenvalue weighted by molar-refractivity contribution is 7.88.